The molecular weight excluding hydrogens is 241 g/mol. The molecule has 1 fully saturated rings. The summed E-state index contributed by atoms with van der Waals surface area (Å²) in [4.78, 5) is 7.63. The molecule has 1 aromatic carbocycles. The molecule has 1 aliphatic rings. The third-order valence-electron chi connectivity index (χ3n) is 4.17. The second kappa shape index (κ2) is 5.29. The lowest BCUT2D eigenvalue weighted by Gasteiger charge is -2.27. The van der Waals surface area contributed by atoms with Crippen molar-refractivity contribution in [2.75, 3.05) is 13.1 Å². The van der Waals surface area contributed by atoms with Crippen molar-refractivity contribution in [1.29, 1.82) is 0 Å². The van der Waals surface area contributed by atoms with Gasteiger partial charge in [-0.2, -0.15) is 0 Å². The van der Waals surface area contributed by atoms with E-state index in [9.17, 15) is 4.39 Å². The van der Waals surface area contributed by atoms with E-state index < -0.39 is 0 Å². The molecule has 3 nitrogen and oxygen atoms in total. The summed E-state index contributed by atoms with van der Waals surface area (Å²) in [6.45, 7) is 4.50. The van der Waals surface area contributed by atoms with Crippen molar-refractivity contribution in [2.45, 2.75) is 26.2 Å². The number of nitrogens with zero attached hydrogens (tertiary/aromatic N) is 1. The summed E-state index contributed by atoms with van der Waals surface area (Å²) in [7, 11) is 0. The van der Waals surface area contributed by atoms with E-state index in [1.807, 2.05) is 6.07 Å². The van der Waals surface area contributed by atoms with Crippen LogP contribution in [-0.4, -0.2) is 23.1 Å². The minimum atomic E-state index is -0.244. The third-order valence-corrected chi connectivity index (χ3v) is 4.17. The van der Waals surface area contributed by atoms with Crippen LogP contribution < -0.4 is 5.32 Å². The van der Waals surface area contributed by atoms with E-state index in [4.69, 9.17) is 0 Å². The van der Waals surface area contributed by atoms with Gasteiger partial charge < -0.3 is 10.3 Å². The topological polar surface area (TPSA) is 40.7 Å². The zero-order valence-corrected chi connectivity index (χ0v) is 11.2. The molecule has 2 atom stereocenters. The van der Waals surface area contributed by atoms with Crippen LogP contribution in [0.25, 0.3) is 11.0 Å². The molecule has 2 aromatic rings. The summed E-state index contributed by atoms with van der Waals surface area (Å²) in [6.07, 6.45) is 3.42. The Morgan fingerprint density at radius 1 is 1.47 bits per heavy atom. The first-order valence-corrected chi connectivity index (χ1v) is 7.08. The first kappa shape index (κ1) is 12.6. The first-order chi connectivity index (χ1) is 9.24. The van der Waals surface area contributed by atoms with Gasteiger partial charge in [-0.25, -0.2) is 9.37 Å². The Morgan fingerprint density at radius 2 is 2.37 bits per heavy atom. The summed E-state index contributed by atoms with van der Waals surface area (Å²) in [5, 5.41) is 3.45. The van der Waals surface area contributed by atoms with Gasteiger partial charge in [0.25, 0.3) is 0 Å². The Morgan fingerprint density at radius 3 is 3.11 bits per heavy atom. The van der Waals surface area contributed by atoms with Crippen molar-refractivity contribution in [2.24, 2.45) is 11.8 Å². The molecule has 0 saturated carbocycles. The number of para-hydroxylation sites is 1. The van der Waals surface area contributed by atoms with Crippen molar-refractivity contribution in [3.63, 3.8) is 0 Å². The highest BCUT2D eigenvalue weighted by Gasteiger charge is 2.21. The van der Waals surface area contributed by atoms with Crippen LogP contribution in [0.5, 0.6) is 0 Å². The van der Waals surface area contributed by atoms with Gasteiger partial charge in [-0.05, 0) is 49.9 Å². The molecule has 3 rings (SSSR count). The number of piperidine rings is 1. The van der Waals surface area contributed by atoms with E-state index in [0.29, 0.717) is 17.4 Å². The van der Waals surface area contributed by atoms with Gasteiger partial charge in [0, 0.05) is 6.42 Å². The lowest BCUT2D eigenvalue weighted by molar-refractivity contribution is 0.276. The molecule has 2 heterocycles. The van der Waals surface area contributed by atoms with Gasteiger partial charge in [-0.15, -0.1) is 0 Å². The van der Waals surface area contributed by atoms with Gasteiger partial charge in [0.15, 0.2) is 5.82 Å². The number of rotatable bonds is 3. The molecule has 0 radical (unpaired) electrons. The molecule has 2 N–H and O–H groups in total. The van der Waals surface area contributed by atoms with Gasteiger partial charge in [0.2, 0.25) is 0 Å². The molecule has 0 bridgehead atoms. The number of nitrogens with one attached hydrogen (secondary N) is 2. The molecule has 19 heavy (non-hydrogen) atoms. The predicted molar refractivity (Wildman–Crippen MR) is 74.5 cm³/mol. The van der Waals surface area contributed by atoms with Gasteiger partial charge in [-0.1, -0.05) is 13.0 Å². The fourth-order valence-corrected chi connectivity index (χ4v) is 2.98. The van der Waals surface area contributed by atoms with E-state index in [2.05, 4.69) is 22.2 Å². The van der Waals surface area contributed by atoms with E-state index in [0.717, 1.165) is 30.9 Å². The SMILES string of the molecule is CC(Cc1nc2c(F)cccc2[nH]1)C1CCCNC1. The number of aromatic amines is 1. The molecule has 2 unspecified atom stereocenters. The van der Waals surface area contributed by atoms with Crippen molar-refractivity contribution in [1.82, 2.24) is 15.3 Å². The number of imidazole rings is 1. The van der Waals surface area contributed by atoms with E-state index >= 15 is 0 Å². The van der Waals surface area contributed by atoms with E-state index in [1.54, 1.807) is 6.07 Å². The molecule has 0 aliphatic carbocycles. The maximum atomic E-state index is 13.6. The van der Waals surface area contributed by atoms with Crippen LogP contribution in [0.2, 0.25) is 0 Å². The zero-order chi connectivity index (χ0) is 13.2. The van der Waals surface area contributed by atoms with Crippen LogP contribution in [0.3, 0.4) is 0 Å². The van der Waals surface area contributed by atoms with E-state index in [1.165, 1.54) is 18.9 Å². The largest absolute Gasteiger partial charge is 0.342 e. The number of hydrogen-bond donors (Lipinski definition) is 2. The molecule has 102 valence electrons. The Hall–Kier alpha value is -1.42. The third kappa shape index (κ3) is 2.63. The summed E-state index contributed by atoms with van der Waals surface area (Å²) < 4.78 is 13.6. The Kier molecular flexibility index (Phi) is 3.51. The highest BCUT2D eigenvalue weighted by atomic mass is 19.1. The monoisotopic (exact) mass is 261 g/mol. The van der Waals surface area contributed by atoms with Crippen molar-refractivity contribution < 1.29 is 4.39 Å². The molecule has 0 spiro atoms. The van der Waals surface area contributed by atoms with E-state index in [-0.39, 0.29) is 5.82 Å². The zero-order valence-electron chi connectivity index (χ0n) is 11.2. The Labute approximate surface area is 112 Å². The summed E-state index contributed by atoms with van der Waals surface area (Å²) in [6, 6.07) is 5.05. The fourth-order valence-electron chi connectivity index (χ4n) is 2.98. The quantitative estimate of drug-likeness (QED) is 0.892. The standard InChI is InChI=1S/C15H20FN3/c1-10(11-4-3-7-17-9-11)8-14-18-13-6-2-5-12(16)15(13)19-14/h2,5-6,10-11,17H,3-4,7-9H2,1H3,(H,18,19). The summed E-state index contributed by atoms with van der Waals surface area (Å²) >= 11 is 0. The highest BCUT2D eigenvalue weighted by molar-refractivity contribution is 5.75. The molecule has 1 saturated heterocycles. The minimum absolute atomic E-state index is 0.244. The van der Waals surface area contributed by atoms with Crippen molar-refractivity contribution in [3.8, 4) is 0 Å². The fraction of sp³-hybridized carbons (Fsp3) is 0.533. The molecule has 0 amide bonds. The number of hydrogen-bond acceptors (Lipinski definition) is 2. The molecular formula is C15H20FN3. The van der Waals surface area contributed by atoms with Crippen LogP contribution in [0.15, 0.2) is 18.2 Å². The normalized spacial score (nSPS) is 21.7. The number of fused-ring (bicyclic) bond motifs is 1. The van der Waals surface area contributed by atoms with Crippen molar-refractivity contribution in [3.05, 3.63) is 29.8 Å². The minimum Gasteiger partial charge on any atom is -0.342 e. The summed E-state index contributed by atoms with van der Waals surface area (Å²) in [5.74, 6) is 1.92. The molecule has 1 aliphatic heterocycles. The Balaban J connectivity index is 1.75. The van der Waals surface area contributed by atoms with Crippen LogP contribution in [0.4, 0.5) is 4.39 Å². The first-order valence-electron chi connectivity index (χ1n) is 7.08. The maximum Gasteiger partial charge on any atom is 0.151 e. The molecule has 1 aromatic heterocycles. The van der Waals surface area contributed by atoms with Gasteiger partial charge in [0.05, 0.1) is 5.52 Å². The van der Waals surface area contributed by atoms with Crippen LogP contribution >= 0.6 is 0 Å². The van der Waals surface area contributed by atoms with Gasteiger partial charge in [0.1, 0.15) is 11.3 Å². The lowest BCUT2D eigenvalue weighted by Crippen LogP contribution is -2.34. The second-order valence-corrected chi connectivity index (χ2v) is 5.61. The van der Waals surface area contributed by atoms with Gasteiger partial charge in [-0.3, -0.25) is 0 Å². The van der Waals surface area contributed by atoms with Crippen molar-refractivity contribution >= 4 is 11.0 Å². The number of aromatic nitrogens is 2. The second-order valence-electron chi connectivity index (χ2n) is 5.61. The predicted octanol–water partition coefficient (Wildman–Crippen LogP) is 2.88. The Bertz CT molecular complexity index is 558. The highest BCUT2D eigenvalue weighted by Crippen LogP contribution is 2.24. The van der Waals surface area contributed by atoms with Gasteiger partial charge >= 0.3 is 0 Å². The van der Waals surface area contributed by atoms with Crippen LogP contribution in [0.1, 0.15) is 25.6 Å². The average molecular weight is 261 g/mol. The number of halogens is 1. The average Bonchev–Trinajstić information content (AvgIpc) is 2.84. The molecule has 4 heteroatoms. The maximum absolute atomic E-state index is 13.6. The van der Waals surface area contributed by atoms with Crippen LogP contribution in [-0.2, 0) is 6.42 Å². The number of H-pyrrole nitrogens is 1. The lowest BCUT2D eigenvalue weighted by atomic mass is 9.85. The smallest absolute Gasteiger partial charge is 0.151 e. The van der Waals surface area contributed by atoms with Crippen LogP contribution in [0, 0.1) is 17.7 Å². The summed E-state index contributed by atoms with van der Waals surface area (Å²) in [5.41, 5.74) is 1.26. The number of benzene rings is 1.